The summed E-state index contributed by atoms with van der Waals surface area (Å²) in [6, 6.07) is 1.65. The van der Waals surface area contributed by atoms with Crippen LogP contribution in [0, 0.1) is 0 Å². The molecule has 2 heterocycles. The van der Waals surface area contributed by atoms with Gasteiger partial charge in [-0.1, -0.05) is 30.1 Å². The molecule has 0 atom stereocenters. The highest BCUT2D eigenvalue weighted by atomic mass is 35.5. The van der Waals surface area contributed by atoms with Crippen molar-refractivity contribution in [3.8, 4) is 0 Å². The second-order valence-electron chi connectivity index (χ2n) is 4.69. The quantitative estimate of drug-likeness (QED) is 0.914. The third-order valence-corrected chi connectivity index (χ3v) is 5.27. The topological polar surface area (TPSA) is 62.3 Å². The molecule has 1 aromatic rings. The van der Waals surface area contributed by atoms with Crippen LogP contribution in [0.2, 0.25) is 10.0 Å². The number of aromatic nitrogens is 1. The first-order valence-electron chi connectivity index (χ1n) is 6.48. The normalized spacial score (nSPS) is 18.1. The maximum absolute atomic E-state index is 11.5. The minimum absolute atomic E-state index is 0.130. The number of pyridine rings is 1. The summed E-state index contributed by atoms with van der Waals surface area (Å²) in [5, 5.41) is 4.05. The summed E-state index contributed by atoms with van der Waals surface area (Å²) in [5.74, 6) is 1.43. The molecule has 8 heteroatoms. The first-order chi connectivity index (χ1) is 9.43. The summed E-state index contributed by atoms with van der Waals surface area (Å²) in [5.41, 5.74) is 0. The van der Waals surface area contributed by atoms with Gasteiger partial charge in [0.25, 0.3) is 0 Å². The van der Waals surface area contributed by atoms with Crippen LogP contribution < -0.4 is 10.2 Å². The van der Waals surface area contributed by atoms with Crippen LogP contribution in [-0.4, -0.2) is 44.5 Å². The van der Waals surface area contributed by atoms with Crippen molar-refractivity contribution in [3.05, 3.63) is 16.1 Å². The van der Waals surface area contributed by atoms with E-state index in [1.807, 2.05) is 11.8 Å². The molecule has 0 unspecified atom stereocenters. The molecule has 112 valence electrons. The standard InChI is InChI=1S/C12H17Cl2N3O2S/c1-2-3-15-11-9(13)8-10(14)12(16-11)17-4-6-20(18,19)7-5-17/h8H,2-7H2,1H3,(H,15,16). The lowest BCUT2D eigenvalue weighted by atomic mass is 10.3. The fourth-order valence-corrected chi connectivity index (χ4v) is 3.72. The number of rotatable bonds is 4. The molecule has 0 bridgehead atoms. The van der Waals surface area contributed by atoms with Crippen molar-refractivity contribution in [1.82, 2.24) is 4.98 Å². The van der Waals surface area contributed by atoms with Gasteiger partial charge in [0, 0.05) is 19.6 Å². The summed E-state index contributed by atoms with van der Waals surface area (Å²) < 4.78 is 22.9. The molecule has 1 aliphatic heterocycles. The van der Waals surface area contributed by atoms with Crippen LogP contribution >= 0.6 is 23.2 Å². The summed E-state index contributed by atoms with van der Waals surface area (Å²) in [6.07, 6.45) is 0.956. The number of hydrogen-bond donors (Lipinski definition) is 1. The summed E-state index contributed by atoms with van der Waals surface area (Å²) >= 11 is 12.3. The van der Waals surface area contributed by atoms with Crippen LogP contribution in [-0.2, 0) is 9.84 Å². The Bertz CT molecular complexity index is 579. The van der Waals surface area contributed by atoms with E-state index in [2.05, 4.69) is 10.3 Å². The Morgan fingerprint density at radius 1 is 1.30 bits per heavy atom. The van der Waals surface area contributed by atoms with Gasteiger partial charge in [-0.15, -0.1) is 0 Å². The average molecular weight is 338 g/mol. The Balaban J connectivity index is 2.23. The van der Waals surface area contributed by atoms with Gasteiger partial charge in [0.05, 0.1) is 21.6 Å². The molecule has 0 radical (unpaired) electrons. The highest BCUT2D eigenvalue weighted by Gasteiger charge is 2.24. The lowest BCUT2D eigenvalue weighted by Crippen LogP contribution is -2.40. The summed E-state index contributed by atoms with van der Waals surface area (Å²) in [6.45, 7) is 3.63. The van der Waals surface area contributed by atoms with E-state index in [9.17, 15) is 8.42 Å². The number of hydrogen-bond acceptors (Lipinski definition) is 5. The molecule has 0 amide bonds. The van der Waals surface area contributed by atoms with Crippen LogP contribution in [0.3, 0.4) is 0 Å². The fraction of sp³-hybridized carbons (Fsp3) is 0.583. The smallest absolute Gasteiger partial charge is 0.153 e. The molecule has 1 fully saturated rings. The van der Waals surface area contributed by atoms with Crippen molar-refractivity contribution in [2.24, 2.45) is 0 Å². The molecule has 1 saturated heterocycles. The molecule has 1 aliphatic rings. The van der Waals surface area contributed by atoms with Crippen molar-refractivity contribution >= 4 is 44.7 Å². The molecular formula is C12H17Cl2N3O2S. The van der Waals surface area contributed by atoms with Gasteiger partial charge in [0.15, 0.2) is 9.84 Å². The lowest BCUT2D eigenvalue weighted by molar-refractivity contribution is 0.586. The second kappa shape index (κ2) is 6.37. The molecule has 0 aromatic carbocycles. The van der Waals surface area contributed by atoms with E-state index < -0.39 is 9.84 Å². The maximum atomic E-state index is 11.5. The van der Waals surface area contributed by atoms with Gasteiger partial charge in [0.2, 0.25) is 0 Å². The second-order valence-corrected chi connectivity index (χ2v) is 7.81. The Kier molecular flexibility index (Phi) is 4.99. The summed E-state index contributed by atoms with van der Waals surface area (Å²) in [7, 11) is -2.92. The molecular weight excluding hydrogens is 321 g/mol. The number of anilines is 2. The number of nitrogens with one attached hydrogen (secondary N) is 1. The zero-order valence-corrected chi connectivity index (χ0v) is 13.5. The fourth-order valence-electron chi connectivity index (χ4n) is 1.97. The van der Waals surface area contributed by atoms with Crippen LogP contribution in [0.25, 0.3) is 0 Å². The molecule has 1 aromatic heterocycles. The SMILES string of the molecule is CCCNc1nc(N2CCS(=O)(=O)CC2)c(Cl)cc1Cl. The van der Waals surface area contributed by atoms with Gasteiger partial charge in [-0.3, -0.25) is 0 Å². The Hall–Kier alpha value is -0.720. The third kappa shape index (κ3) is 3.68. The van der Waals surface area contributed by atoms with Crippen LogP contribution in [0.1, 0.15) is 13.3 Å². The van der Waals surface area contributed by atoms with Gasteiger partial charge >= 0.3 is 0 Å². The van der Waals surface area contributed by atoms with E-state index in [0.29, 0.717) is 34.8 Å². The molecule has 0 spiro atoms. The zero-order chi connectivity index (χ0) is 14.8. The monoisotopic (exact) mass is 337 g/mol. The van der Waals surface area contributed by atoms with E-state index in [4.69, 9.17) is 23.2 Å². The Morgan fingerprint density at radius 3 is 2.55 bits per heavy atom. The first-order valence-corrected chi connectivity index (χ1v) is 9.06. The molecule has 20 heavy (non-hydrogen) atoms. The molecule has 2 rings (SSSR count). The van der Waals surface area contributed by atoms with Crippen molar-refractivity contribution in [2.75, 3.05) is 41.4 Å². The zero-order valence-electron chi connectivity index (χ0n) is 11.2. The third-order valence-electron chi connectivity index (χ3n) is 3.10. The van der Waals surface area contributed by atoms with Gasteiger partial charge in [-0.25, -0.2) is 13.4 Å². The highest BCUT2D eigenvalue weighted by molar-refractivity contribution is 7.91. The Morgan fingerprint density at radius 2 is 1.95 bits per heavy atom. The number of sulfone groups is 1. The highest BCUT2D eigenvalue weighted by Crippen LogP contribution is 2.32. The number of halogens is 2. The lowest BCUT2D eigenvalue weighted by Gasteiger charge is -2.28. The largest absolute Gasteiger partial charge is 0.369 e. The van der Waals surface area contributed by atoms with E-state index in [1.165, 1.54) is 0 Å². The van der Waals surface area contributed by atoms with Crippen molar-refractivity contribution in [2.45, 2.75) is 13.3 Å². The van der Waals surface area contributed by atoms with E-state index >= 15 is 0 Å². The minimum Gasteiger partial charge on any atom is -0.369 e. The Labute approximate surface area is 129 Å². The van der Waals surface area contributed by atoms with Crippen molar-refractivity contribution in [3.63, 3.8) is 0 Å². The predicted octanol–water partition coefficient (Wildman–Crippen LogP) is 2.45. The molecule has 1 N–H and O–H groups in total. The van der Waals surface area contributed by atoms with Gasteiger partial charge in [0.1, 0.15) is 11.6 Å². The minimum atomic E-state index is -2.92. The maximum Gasteiger partial charge on any atom is 0.153 e. The van der Waals surface area contributed by atoms with E-state index in [1.54, 1.807) is 6.07 Å². The summed E-state index contributed by atoms with van der Waals surface area (Å²) in [4.78, 5) is 6.32. The molecule has 0 saturated carbocycles. The van der Waals surface area contributed by atoms with Gasteiger partial charge < -0.3 is 10.2 Å². The molecule has 0 aliphatic carbocycles. The number of nitrogens with zero attached hydrogens (tertiary/aromatic N) is 2. The average Bonchev–Trinajstić information content (AvgIpc) is 2.38. The van der Waals surface area contributed by atoms with Crippen LogP contribution in [0.5, 0.6) is 0 Å². The first kappa shape index (κ1) is 15.7. The molecule has 5 nitrogen and oxygen atoms in total. The van der Waals surface area contributed by atoms with E-state index in [0.717, 1.165) is 13.0 Å². The predicted molar refractivity (Wildman–Crippen MR) is 83.9 cm³/mol. The van der Waals surface area contributed by atoms with Gasteiger partial charge in [-0.2, -0.15) is 0 Å². The van der Waals surface area contributed by atoms with Gasteiger partial charge in [-0.05, 0) is 12.5 Å². The van der Waals surface area contributed by atoms with Crippen LogP contribution in [0.4, 0.5) is 11.6 Å². The van der Waals surface area contributed by atoms with Crippen molar-refractivity contribution in [1.29, 1.82) is 0 Å². The van der Waals surface area contributed by atoms with Crippen molar-refractivity contribution < 1.29 is 8.42 Å². The van der Waals surface area contributed by atoms with Crippen LogP contribution in [0.15, 0.2) is 6.07 Å². The van der Waals surface area contributed by atoms with E-state index in [-0.39, 0.29) is 11.5 Å².